The molecule has 24 heavy (non-hydrogen) atoms. The molecule has 2 aliphatic rings. The normalized spacial score (nSPS) is 21.7. The van der Waals surface area contributed by atoms with Crippen molar-refractivity contribution < 1.29 is 13.2 Å². The van der Waals surface area contributed by atoms with Crippen LogP contribution in [-0.2, 0) is 21.2 Å². The van der Waals surface area contributed by atoms with Crippen molar-refractivity contribution in [2.75, 3.05) is 0 Å². The molecule has 0 N–H and O–H groups in total. The highest BCUT2D eigenvalue weighted by Crippen LogP contribution is 2.39. The second-order valence-electron chi connectivity index (χ2n) is 6.16. The summed E-state index contributed by atoms with van der Waals surface area (Å²) in [7, 11) is -3.56. The minimum Gasteiger partial charge on any atom is -0.331 e. The molecular formula is C19H17NO3S. The fourth-order valence-electron chi connectivity index (χ4n) is 3.55. The molecule has 2 aliphatic heterocycles. The van der Waals surface area contributed by atoms with Crippen LogP contribution in [0.1, 0.15) is 24.0 Å². The standard InChI is InChI=1S/C19H17NO3S/c21-19-11-10-18-17(13-24(22,23)15-7-2-1-3-8-15)16-9-5-4-6-14(16)12-20(18)19/h1-9,13,18H,10-12H2/b17-13-. The fourth-order valence-corrected chi connectivity index (χ4v) is 4.84. The molecule has 0 aromatic heterocycles. The minimum absolute atomic E-state index is 0.0949. The van der Waals surface area contributed by atoms with E-state index in [1.54, 1.807) is 35.2 Å². The molecule has 4 nitrogen and oxygen atoms in total. The SMILES string of the molecule is O=C1CCC2/C(=C\S(=O)(=O)c3ccccc3)c3ccccc3CN12. The number of fused-ring (bicyclic) bond motifs is 2. The van der Waals surface area contributed by atoms with Gasteiger partial charge in [-0.1, -0.05) is 42.5 Å². The van der Waals surface area contributed by atoms with Gasteiger partial charge in [-0.2, -0.15) is 0 Å². The van der Waals surface area contributed by atoms with E-state index in [4.69, 9.17) is 0 Å². The van der Waals surface area contributed by atoms with Crippen LogP contribution in [0.2, 0.25) is 0 Å². The van der Waals surface area contributed by atoms with Gasteiger partial charge in [0, 0.05) is 18.4 Å². The van der Waals surface area contributed by atoms with Gasteiger partial charge >= 0.3 is 0 Å². The van der Waals surface area contributed by atoms with E-state index in [1.807, 2.05) is 24.3 Å². The summed E-state index contributed by atoms with van der Waals surface area (Å²) in [6.07, 6.45) is 1.14. The van der Waals surface area contributed by atoms with Gasteiger partial charge in [0.25, 0.3) is 0 Å². The van der Waals surface area contributed by atoms with Gasteiger partial charge in [-0.3, -0.25) is 4.79 Å². The quantitative estimate of drug-likeness (QED) is 0.845. The van der Waals surface area contributed by atoms with E-state index in [1.165, 1.54) is 5.41 Å². The first kappa shape index (κ1) is 15.1. The number of hydrogen-bond acceptors (Lipinski definition) is 3. The van der Waals surface area contributed by atoms with Crippen molar-refractivity contribution >= 4 is 21.3 Å². The van der Waals surface area contributed by atoms with Crippen molar-refractivity contribution in [1.82, 2.24) is 4.90 Å². The average Bonchev–Trinajstić information content (AvgIpc) is 2.96. The van der Waals surface area contributed by atoms with Gasteiger partial charge in [-0.15, -0.1) is 0 Å². The molecule has 1 atom stereocenters. The second-order valence-corrected chi connectivity index (χ2v) is 7.96. The van der Waals surface area contributed by atoms with Crippen LogP contribution in [0.25, 0.3) is 5.57 Å². The number of nitrogens with zero attached hydrogens (tertiary/aromatic N) is 1. The molecule has 5 heteroatoms. The zero-order chi connectivity index (χ0) is 16.7. The van der Waals surface area contributed by atoms with Gasteiger partial charge in [-0.05, 0) is 35.3 Å². The lowest BCUT2D eigenvalue weighted by Crippen LogP contribution is -2.37. The predicted molar refractivity (Wildman–Crippen MR) is 91.6 cm³/mol. The zero-order valence-electron chi connectivity index (χ0n) is 13.1. The van der Waals surface area contributed by atoms with Crippen LogP contribution in [0.15, 0.2) is 64.9 Å². The van der Waals surface area contributed by atoms with E-state index in [2.05, 4.69) is 0 Å². The van der Waals surface area contributed by atoms with Crippen molar-refractivity contribution in [2.45, 2.75) is 30.3 Å². The largest absolute Gasteiger partial charge is 0.331 e. The maximum Gasteiger partial charge on any atom is 0.223 e. The van der Waals surface area contributed by atoms with Crippen molar-refractivity contribution in [3.63, 3.8) is 0 Å². The van der Waals surface area contributed by atoms with Crippen molar-refractivity contribution in [3.8, 4) is 0 Å². The number of sulfone groups is 1. The fraction of sp³-hybridized carbons (Fsp3) is 0.211. The molecule has 2 aromatic rings. The van der Waals surface area contributed by atoms with E-state index in [-0.39, 0.29) is 16.8 Å². The van der Waals surface area contributed by atoms with Gasteiger partial charge in [0.1, 0.15) is 0 Å². The highest BCUT2D eigenvalue weighted by atomic mass is 32.2. The van der Waals surface area contributed by atoms with Gasteiger partial charge in [0.2, 0.25) is 5.91 Å². The summed E-state index contributed by atoms with van der Waals surface area (Å²) in [6, 6.07) is 16.0. The Hall–Kier alpha value is -2.40. The summed E-state index contributed by atoms with van der Waals surface area (Å²) in [5, 5.41) is 1.36. The highest BCUT2D eigenvalue weighted by molar-refractivity contribution is 7.94. The Morgan fingerprint density at radius 1 is 1.00 bits per heavy atom. The van der Waals surface area contributed by atoms with Crippen LogP contribution in [0, 0.1) is 0 Å². The van der Waals surface area contributed by atoms with E-state index >= 15 is 0 Å². The minimum atomic E-state index is -3.56. The summed E-state index contributed by atoms with van der Waals surface area (Å²) >= 11 is 0. The first-order valence-electron chi connectivity index (χ1n) is 7.96. The lowest BCUT2D eigenvalue weighted by molar-refractivity contribution is -0.129. The molecular weight excluding hydrogens is 322 g/mol. The Morgan fingerprint density at radius 2 is 1.71 bits per heavy atom. The Morgan fingerprint density at radius 3 is 2.50 bits per heavy atom. The van der Waals surface area contributed by atoms with Crippen LogP contribution in [0.4, 0.5) is 0 Å². The molecule has 2 aromatic carbocycles. The molecule has 1 saturated heterocycles. The monoisotopic (exact) mass is 339 g/mol. The van der Waals surface area contributed by atoms with Crippen LogP contribution < -0.4 is 0 Å². The van der Waals surface area contributed by atoms with Crippen LogP contribution in [0.3, 0.4) is 0 Å². The van der Waals surface area contributed by atoms with E-state index in [0.717, 1.165) is 16.7 Å². The molecule has 1 unspecified atom stereocenters. The van der Waals surface area contributed by atoms with Gasteiger partial charge in [-0.25, -0.2) is 8.42 Å². The maximum absolute atomic E-state index is 12.8. The van der Waals surface area contributed by atoms with Crippen molar-refractivity contribution in [1.29, 1.82) is 0 Å². The summed E-state index contributed by atoms with van der Waals surface area (Å²) in [5.41, 5.74) is 2.66. The number of hydrogen-bond donors (Lipinski definition) is 0. The summed E-state index contributed by atoms with van der Waals surface area (Å²) in [4.78, 5) is 14.2. The third-order valence-electron chi connectivity index (χ3n) is 4.71. The number of benzene rings is 2. The number of carbonyl (C=O) groups excluding carboxylic acids is 1. The predicted octanol–water partition coefficient (Wildman–Crippen LogP) is 3.01. The Kier molecular flexibility index (Phi) is 3.53. The molecule has 0 spiro atoms. The lowest BCUT2D eigenvalue weighted by atomic mass is 9.90. The summed E-state index contributed by atoms with van der Waals surface area (Å²) in [5.74, 6) is 0.0949. The zero-order valence-corrected chi connectivity index (χ0v) is 13.9. The van der Waals surface area contributed by atoms with Gasteiger partial charge in [0.05, 0.1) is 10.9 Å². The molecule has 4 rings (SSSR count). The average molecular weight is 339 g/mol. The smallest absolute Gasteiger partial charge is 0.223 e. The van der Waals surface area contributed by atoms with Crippen molar-refractivity contribution in [2.24, 2.45) is 0 Å². The van der Waals surface area contributed by atoms with E-state index in [9.17, 15) is 13.2 Å². The first-order chi connectivity index (χ1) is 11.6. The molecule has 1 amide bonds. The molecule has 122 valence electrons. The Labute approximate surface area is 141 Å². The molecule has 1 fully saturated rings. The van der Waals surface area contributed by atoms with Crippen LogP contribution >= 0.6 is 0 Å². The third kappa shape index (κ3) is 2.45. The molecule has 0 radical (unpaired) electrons. The summed E-state index contributed by atoms with van der Waals surface area (Å²) < 4.78 is 25.6. The number of rotatable bonds is 2. The maximum atomic E-state index is 12.8. The van der Waals surface area contributed by atoms with E-state index in [0.29, 0.717) is 19.4 Å². The number of amides is 1. The third-order valence-corrected chi connectivity index (χ3v) is 6.20. The molecule has 0 saturated carbocycles. The molecule has 0 aliphatic carbocycles. The van der Waals surface area contributed by atoms with Crippen molar-refractivity contribution in [3.05, 3.63) is 71.1 Å². The summed E-state index contributed by atoms with van der Waals surface area (Å²) in [6.45, 7) is 0.558. The topological polar surface area (TPSA) is 54.5 Å². The molecule has 0 bridgehead atoms. The van der Waals surface area contributed by atoms with Gasteiger partial charge in [0.15, 0.2) is 9.84 Å². The number of carbonyl (C=O) groups is 1. The Bertz CT molecular complexity index is 932. The first-order valence-corrected chi connectivity index (χ1v) is 9.50. The van der Waals surface area contributed by atoms with Crippen LogP contribution in [0.5, 0.6) is 0 Å². The van der Waals surface area contributed by atoms with Gasteiger partial charge < -0.3 is 4.90 Å². The second kappa shape index (κ2) is 5.60. The Balaban J connectivity index is 1.88. The van der Waals surface area contributed by atoms with E-state index < -0.39 is 9.84 Å². The lowest BCUT2D eigenvalue weighted by Gasteiger charge is -2.34. The van der Waals surface area contributed by atoms with Crippen LogP contribution in [-0.4, -0.2) is 25.3 Å². The highest BCUT2D eigenvalue weighted by Gasteiger charge is 2.38. The molecule has 2 heterocycles.